The van der Waals surface area contributed by atoms with E-state index in [1.165, 1.54) is 4.90 Å². The van der Waals surface area contributed by atoms with Gasteiger partial charge in [-0.2, -0.15) is 5.26 Å². The van der Waals surface area contributed by atoms with Crippen molar-refractivity contribution < 1.29 is 5.11 Å². The van der Waals surface area contributed by atoms with E-state index in [-0.39, 0.29) is 6.61 Å². The van der Waals surface area contributed by atoms with E-state index < -0.39 is 0 Å². The zero-order valence-electron chi connectivity index (χ0n) is 7.35. The summed E-state index contributed by atoms with van der Waals surface area (Å²) in [6.07, 6.45) is 2.02. The fourth-order valence-corrected chi connectivity index (χ4v) is 1.09. The summed E-state index contributed by atoms with van der Waals surface area (Å²) in [4.78, 5) is 1.52. The van der Waals surface area contributed by atoms with Crippen LogP contribution in [0, 0.1) is 11.5 Å². The average Bonchev–Trinajstić information content (AvgIpc) is 2.19. The molecule has 0 aromatic heterocycles. The SMILES string of the molecule is N#CN(CCO)Cc1ccccc1. The van der Waals surface area contributed by atoms with Crippen molar-refractivity contribution in [3.63, 3.8) is 0 Å². The normalized spacial score (nSPS) is 9.23. The molecule has 0 saturated carbocycles. The quantitative estimate of drug-likeness (QED) is 0.549. The molecule has 1 N–H and O–H groups in total. The first-order valence-corrected chi connectivity index (χ1v) is 4.16. The van der Waals surface area contributed by atoms with Gasteiger partial charge in [0.25, 0.3) is 0 Å². The van der Waals surface area contributed by atoms with Gasteiger partial charge in [-0.1, -0.05) is 30.3 Å². The lowest BCUT2D eigenvalue weighted by Crippen LogP contribution is -2.20. The molecule has 0 atom stereocenters. The van der Waals surface area contributed by atoms with E-state index in [0.717, 1.165) is 5.56 Å². The molecule has 3 nitrogen and oxygen atoms in total. The fraction of sp³-hybridized carbons (Fsp3) is 0.300. The molecule has 0 aliphatic heterocycles. The van der Waals surface area contributed by atoms with Crippen molar-refractivity contribution in [3.8, 4) is 6.19 Å². The molecule has 1 aromatic carbocycles. The molecule has 0 aliphatic carbocycles. The molecule has 0 spiro atoms. The van der Waals surface area contributed by atoms with Crippen LogP contribution in [-0.4, -0.2) is 23.2 Å². The standard InChI is InChI=1S/C10H12N2O/c11-9-12(6-7-13)8-10-4-2-1-3-5-10/h1-5,13H,6-8H2. The Hall–Kier alpha value is -1.53. The molecule has 0 bridgehead atoms. The number of benzene rings is 1. The molecule has 0 amide bonds. The van der Waals surface area contributed by atoms with Gasteiger partial charge in [-0.25, -0.2) is 0 Å². The first-order valence-electron chi connectivity index (χ1n) is 4.16. The van der Waals surface area contributed by atoms with Gasteiger partial charge in [-0.15, -0.1) is 0 Å². The van der Waals surface area contributed by atoms with E-state index in [9.17, 15) is 0 Å². The van der Waals surface area contributed by atoms with E-state index >= 15 is 0 Å². The minimum absolute atomic E-state index is 0.0143. The maximum atomic E-state index is 8.68. The monoisotopic (exact) mass is 176 g/mol. The zero-order chi connectivity index (χ0) is 9.52. The van der Waals surface area contributed by atoms with Gasteiger partial charge < -0.3 is 10.0 Å². The lowest BCUT2D eigenvalue weighted by Gasteiger charge is -2.13. The number of aliphatic hydroxyl groups excluding tert-OH is 1. The third kappa shape index (κ3) is 3.14. The van der Waals surface area contributed by atoms with Crippen molar-refractivity contribution in [2.24, 2.45) is 0 Å². The van der Waals surface area contributed by atoms with Gasteiger partial charge in [0.2, 0.25) is 0 Å². The summed E-state index contributed by atoms with van der Waals surface area (Å²) < 4.78 is 0. The highest BCUT2D eigenvalue weighted by Crippen LogP contribution is 2.02. The van der Waals surface area contributed by atoms with Crippen LogP contribution < -0.4 is 0 Å². The highest BCUT2D eigenvalue weighted by atomic mass is 16.3. The van der Waals surface area contributed by atoms with Crippen LogP contribution in [0.15, 0.2) is 30.3 Å². The summed E-state index contributed by atoms with van der Waals surface area (Å²) in [6, 6.07) is 9.73. The number of aliphatic hydroxyl groups is 1. The van der Waals surface area contributed by atoms with Gasteiger partial charge in [0.15, 0.2) is 6.19 Å². The van der Waals surface area contributed by atoms with Gasteiger partial charge >= 0.3 is 0 Å². The van der Waals surface area contributed by atoms with Crippen molar-refractivity contribution in [2.45, 2.75) is 6.54 Å². The Balaban J connectivity index is 2.53. The summed E-state index contributed by atoms with van der Waals surface area (Å²) >= 11 is 0. The second-order valence-electron chi connectivity index (χ2n) is 2.73. The Morgan fingerprint density at radius 2 is 2.00 bits per heavy atom. The summed E-state index contributed by atoms with van der Waals surface area (Å²) in [6.45, 7) is 0.976. The summed E-state index contributed by atoms with van der Waals surface area (Å²) in [7, 11) is 0. The summed E-state index contributed by atoms with van der Waals surface area (Å²) in [5.41, 5.74) is 1.08. The van der Waals surface area contributed by atoms with Gasteiger partial charge in [-0.05, 0) is 5.56 Å². The third-order valence-corrected chi connectivity index (χ3v) is 1.73. The second-order valence-corrected chi connectivity index (χ2v) is 2.73. The van der Waals surface area contributed by atoms with Crippen LogP contribution in [0.4, 0.5) is 0 Å². The fourth-order valence-electron chi connectivity index (χ4n) is 1.09. The molecule has 3 heteroatoms. The predicted octanol–water partition coefficient (Wildman–Crippen LogP) is 0.962. The van der Waals surface area contributed by atoms with Crippen LogP contribution in [0.2, 0.25) is 0 Å². The maximum absolute atomic E-state index is 8.68. The topological polar surface area (TPSA) is 47.3 Å². The number of hydrogen-bond acceptors (Lipinski definition) is 3. The Morgan fingerprint density at radius 3 is 2.54 bits per heavy atom. The van der Waals surface area contributed by atoms with E-state index in [1.807, 2.05) is 36.5 Å². The Bertz CT molecular complexity index is 279. The molecule has 0 fully saturated rings. The van der Waals surface area contributed by atoms with Gasteiger partial charge in [0.1, 0.15) is 0 Å². The zero-order valence-corrected chi connectivity index (χ0v) is 7.35. The molecule has 1 rings (SSSR count). The van der Waals surface area contributed by atoms with Crippen molar-refractivity contribution >= 4 is 0 Å². The Morgan fingerprint density at radius 1 is 1.31 bits per heavy atom. The first-order chi connectivity index (χ1) is 6.36. The van der Waals surface area contributed by atoms with Crippen LogP contribution in [0.3, 0.4) is 0 Å². The maximum Gasteiger partial charge on any atom is 0.179 e. The van der Waals surface area contributed by atoms with E-state index in [4.69, 9.17) is 10.4 Å². The average molecular weight is 176 g/mol. The molecular weight excluding hydrogens is 164 g/mol. The molecule has 0 saturated heterocycles. The van der Waals surface area contributed by atoms with Crippen LogP contribution in [0.1, 0.15) is 5.56 Å². The first kappa shape index (κ1) is 9.56. The van der Waals surface area contributed by atoms with Gasteiger partial charge in [0.05, 0.1) is 19.7 Å². The Labute approximate surface area is 77.8 Å². The Kier molecular flexibility index (Phi) is 3.80. The van der Waals surface area contributed by atoms with Crippen molar-refractivity contribution in [3.05, 3.63) is 35.9 Å². The smallest absolute Gasteiger partial charge is 0.179 e. The number of nitrogens with zero attached hydrogens (tertiary/aromatic N) is 2. The van der Waals surface area contributed by atoms with E-state index in [0.29, 0.717) is 13.1 Å². The third-order valence-electron chi connectivity index (χ3n) is 1.73. The van der Waals surface area contributed by atoms with Gasteiger partial charge in [0, 0.05) is 0 Å². The van der Waals surface area contributed by atoms with Crippen molar-refractivity contribution in [1.29, 1.82) is 5.26 Å². The van der Waals surface area contributed by atoms with Crippen LogP contribution >= 0.6 is 0 Å². The van der Waals surface area contributed by atoms with E-state index in [2.05, 4.69) is 0 Å². The van der Waals surface area contributed by atoms with Crippen LogP contribution in [-0.2, 0) is 6.54 Å². The largest absolute Gasteiger partial charge is 0.395 e. The predicted molar refractivity (Wildman–Crippen MR) is 49.6 cm³/mol. The molecular formula is C10H12N2O. The van der Waals surface area contributed by atoms with Crippen LogP contribution in [0.25, 0.3) is 0 Å². The van der Waals surface area contributed by atoms with Crippen LogP contribution in [0.5, 0.6) is 0 Å². The lowest BCUT2D eigenvalue weighted by molar-refractivity contribution is 0.238. The van der Waals surface area contributed by atoms with Crippen molar-refractivity contribution in [1.82, 2.24) is 4.90 Å². The molecule has 0 radical (unpaired) electrons. The summed E-state index contributed by atoms with van der Waals surface area (Å²) in [5, 5.41) is 17.3. The van der Waals surface area contributed by atoms with Gasteiger partial charge in [-0.3, -0.25) is 0 Å². The second kappa shape index (κ2) is 5.18. The number of rotatable bonds is 4. The molecule has 13 heavy (non-hydrogen) atoms. The molecule has 1 aromatic rings. The molecule has 68 valence electrons. The van der Waals surface area contributed by atoms with Crippen molar-refractivity contribution in [2.75, 3.05) is 13.2 Å². The summed E-state index contributed by atoms with van der Waals surface area (Å²) in [5.74, 6) is 0. The lowest BCUT2D eigenvalue weighted by atomic mass is 10.2. The number of hydrogen-bond donors (Lipinski definition) is 1. The molecule has 0 heterocycles. The minimum Gasteiger partial charge on any atom is -0.395 e. The highest BCUT2D eigenvalue weighted by molar-refractivity contribution is 5.14. The van der Waals surface area contributed by atoms with E-state index in [1.54, 1.807) is 0 Å². The molecule has 0 aliphatic rings. The number of nitriles is 1. The minimum atomic E-state index is 0.0143. The highest BCUT2D eigenvalue weighted by Gasteiger charge is 2.00. The molecule has 0 unspecified atom stereocenters.